The molecule has 0 radical (unpaired) electrons. The number of furan rings is 1. The van der Waals surface area contributed by atoms with Gasteiger partial charge in [0.15, 0.2) is 5.88 Å². The van der Waals surface area contributed by atoms with Crippen molar-refractivity contribution in [2.75, 3.05) is 12.4 Å². The second-order valence-electron chi connectivity index (χ2n) is 3.42. The number of aromatic nitrogens is 2. The Balaban J connectivity index is 2.12. The molecule has 0 aliphatic carbocycles. The molecule has 0 aliphatic heterocycles. The number of nitrogens with zero attached hydrogens (tertiary/aromatic N) is 2. The van der Waals surface area contributed by atoms with Crippen LogP contribution in [0.2, 0.25) is 0 Å². The molecule has 0 aliphatic rings. The molecule has 5 nitrogen and oxygen atoms in total. The molecule has 2 heterocycles. The summed E-state index contributed by atoms with van der Waals surface area (Å²) in [6, 6.07) is 5.57. The Bertz CT molecular complexity index is 467. The van der Waals surface area contributed by atoms with Crippen molar-refractivity contribution in [3.05, 3.63) is 36.0 Å². The summed E-state index contributed by atoms with van der Waals surface area (Å²) < 4.78 is 5.40. The Hall–Kier alpha value is -1.88. The molecule has 2 aromatic rings. The molecule has 0 aromatic carbocycles. The van der Waals surface area contributed by atoms with Crippen molar-refractivity contribution in [3.8, 4) is 0 Å². The number of aryl methyl sites for hydroxylation is 1. The number of hydrogen-bond donors (Lipinski definition) is 2. The highest BCUT2D eigenvalue weighted by molar-refractivity contribution is 5.49. The van der Waals surface area contributed by atoms with Crippen LogP contribution in [0, 0.1) is 6.92 Å². The number of nitrogens with one attached hydrogen (secondary N) is 2. The van der Waals surface area contributed by atoms with Gasteiger partial charge in [0, 0.05) is 12.3 Å². The predicted octanol–water partition coefficient (Wildman–Crippen LogP) is 1.84. The molecule has 2 N–H and O–H groups in total. The normalized spacial score (nSPS) is 10.4. The standard InChI is InChI=1S/C11H14N4O/c1-8-3-4-11(16-8)15-9-5-6-13-10(14-9)7-12-2/h3-6,12H,7H2,1-2H3,(H,13,14,15). The smallest absolute Gasteiger partial charge is 0.198 e. The molecule has 0 bridgehead atoms. The van der Waals surface area contributed by atoms with Crippen LogP contribution < -0.4 is 10.6 Å². The van der Waals surface area contributed by atoms with Gasteiger partial charge in [-0.1, -0.05) is 0 Å². The highest BCUT2D eigenvalue weighted by atomic mass is 16.4. The molecule has 16 heavy (non-hydrogen) atoms. The molecule has 2 aromatic heterocycles. The van der Waals surface area contributed by atoms with Crippen molar-refractivity contribution in [2.45, 2.75) is 13.5 Å². The second-order valence-corrected chi connectivity index (χ2v) is 3.42. The van der Waals surface area contributed by atoms with Crippen LogP contribution in [0.4, 0.5) is 11.7 Å². The van der Waals surface area contributed by atoms with Crippen LogP contribution in [0.5, 0.6) is 0 Å². The van der Waals surface area contributed by atoms with Gasteiger partial charge < -0.3 is 15.1 Å². The molecule has 2 rings (SSSR count). The van der Waals surface area contributed by atoms with E-state index in [1.807, 2.05) is 26.1 Å². The summed E-state index contributed by atoms with van der Waals surface area (Å²) in [7, 11) is 1.86. The third-order valence-corrected chi connectivity index (χ3v) is 2.03. The molecule has 0 saturated heterocycles. The first-order valence-electron chi connectivity index (χ1n) is 5.08. The van der Waals surface area contributed by atoms with E-state index in [1.165, 1.54) is 0 Å². The summed E-state index contributed by atoms with van der Waals surface area (Å²) in [6.07, 6.45) is 1.72. The molecule has 0 fully saturated rings. The topological polar surface area (TPSA) is 63.0 Å². The van der Waals surface area contributed by atoms with Crippen LogP contribution in [0.3, 0.4) is 0 Å². The highest BCUT2D eigenvalue weighted by Crippen LogP contribution is 2.16. The van der Waals surface area contributed by atoms with Crippen LogP contribution >= 0.6 is 0 Å². The first-order chi connectivity index (χ1) is 7.78. The quantitative estimate of drug-likeness (QED) is 0.819. The minimum Gasteiger partial charge on any atom is -0.446 e. The molecular weight excluding hydrogens is 204 g/mol. The minimum atomic E-state index is 0.646. The van der Waals surface area contributed by atoms with E-state index in [-0.39, 0.29) is 0 Å². The Kier molecular flexibility index (Phi) is 3.16. The van der Waals surface area contributed by atoms with Gasteiger partial charge in [0.05, 0.1) is 6.54 Å². The maximum Gasteiger partial charge on any atom is 0.198 e. The van der Waals surface area contributed by atoms with Gasteiger partial charge in [0.1, 0.15) is 17.4 Å². The van der Waals surface area contributed by atoms with Crippen molar-refractivity contribution >= 4 is 11.7 Å². The first kappa shape index (κ1) is 10.6. The van der Waals surface area contributed by atoms with E-state index >= 15 is 0 Å². The number of anilines is 2. The molecule has 0 atom stereocenters. The lowest BCUT2D eigenvalue weighted by molar-refractivity contribution is 0.551. The lowest BCUT2D eigenvalue weighted by atomic mass is 10.5. The maximum atomic E-state index is 5.40. The van der Waals surface area contributed by atoms with Crippen molar-refractivity contribution in [1.82, 2.24) is 15.3 Å². The van der Waals surface area contributed by atoms with E-state index in [4.69, 9.17) is 4.42 Å². The van der Waals surface area contributed by atoms with E-state index in [9.17, 15) is 0 Å². The lowest BCUT2D eigenvalue weighted by Crippen LogP contribution is -2.09. The van der Waals surface area contributed by atoms with E-state index in [0.29, 0.717) is 12.4 Å². The zero-order valence-electron chi connectivity index (χ0n) is 9.32. The van der Waals surface area contributed by atoms with Gasteiger partial charge >= 0.3 is 0 Å². The molecular formula is C11H14N4O. The van der Waals surface area contributed by atoms with Crippen LogP contribution in [-0.2, 0) is 6.54 Å². The molecule has 84 valence electrons. The largest absolute Gasteiger partial charge is 0.446 e. The SMILES string of the molecule is CNCc1nccc(Nc2ccc(C)o2)n1. The van der Waals surface area contributed by atoms with Crippen molar-refractivity contribution in [1.29, 1.82) is 0 Å². The van der Waals surface area contributed by atoms with E-state index in [1.54, 1.807) is 12.3 Å². The van der Waals surface area contributed by atoms with Crippen molar-refractivity contribution in [3.63, 3.8) is 0 Å². The molecule has 0 amide bonds. The van der Waals surface area contributed by atoms with E-state index in [0.717, 1.165) is 17.4 Å². The Labute approximate surface area is 93.9 Å². The summed E-state index contributed by atoms with van der Waals surface area (Å²) in [4.78, 5) is 8.45. The van der Waals surface area contributed by atoms with E-state index in [2.05, 4.69) is 20.6 Å². The monoisotopic (exact) mass is 218 g/mol. The Morgan fingerprint density at radius 3 is 2.88 bits per heavy atom. The van der Waals surface area contributed by atoms with Crippen molar-refractivity contribution < 1.29 is 4.42 Å². The fraction of sp³-hybridized carbons (Fsp3) is 0.273. The van der Waals surface area contributed by atoms with Gasteiger partial charge in [-0.3, -0.25) is 0 Å². The maximum absolute atomic E-state index is 5.40. The Morgan fingerprint density at radius 1 is 1.31 bits per heavy atom. The van der Waals surface area contributed by atoms with Gasteiger partial charge in [-0.2, -0.15) is 0 Å². The van der Waals surface area contributed by atoms with Gasteiger partial charge in [-0.05, 0) is 26.1 Å². The first-order valence-corrected chi connectivity index (χ1v) is 5.08. The summed E-state index contributed by atoms with van der Waals surface area (Å²) >= 11 is 0. The lowest BCUT2D eigenvalue weighted by Gasteiger charge is -2.03. The molecule has 0 spiro atoms. The van der Waals surface area contributed by atoms with Gasteiger partial charge in [-0.25, -0.2) is 9.97 Å². The number of rotatable bonds is 4. The summed E-state index contributed by atoms with van der Waals surface area (Å²) in [5, 5.41) is 6.08. The molecule has 0 unspecified atom stereocenters. The highest BCUT2D eigenvalue weighted by Gasteiger charge is 2.01. The Morgan fingerprint density at radius 2 is 2.19 bits per heavy atom. The second kappa shape index (κ2) is 4.76. The molecule has 5 heteroatoms. The van der Waals surface area contributed by atoms with Gasteiger partial charge in [-0.15, -0.1) is 0 Å². The average Bonchev–Trinajstić information content (AvgIpc) is 2.65. The summed E-state index contributed by atoms with van der Waals surface area (Å²) in [6.45, 7) is 2.55. The average molecular weight is 218 g/mol. The van der Waals surface area contributed by atoms with Crippen LogP contribution in [0.25, 0.3) is 0 Å². The third kappa shape index (κ3) is 2.58. The minimum absolute atomic E-state index is 0.646. The zero-order chi connectivity index (χ0) is 11.4. The van der Waals surface area contributed by atoms with Crippen molar-refractivity contribution in [2.24, 2.45) is 0 Å². The van der Waals surface area contributed by atoms with E-state index < -0.39 is 0 Å². The fourth-order valence-corrected chi connectivity index (χ4v) is 1.34. The molecule has 0 saturated carbocycles. The van der Waals surface area contributed by atoms with Crippen LogP contribution in [0.15, 0.2) is 28.8 Å². The summed E-state index contributed by atoms with van der Waals surface area (Å²) in [5.74, 6) is 3.03. The van der Waals surface area contributed by atoms with Gasteiger partial charge in [0.2, 0.25) is 0 Å². The fourth-order valence-electron chi connectivity index (χ4n) is 1.34. The van der Waals surface area contributed by atoms with Gasteiger partial charge in [0.25, 0.3) is 0 Å². The third-order valence-electron chi connectivity index (χ3n) is 2.03. The number of hydrogen-bond acceptors (Lipinski definition) is 5. The zero-order valence-corrected chi connectivity index (χ0v) is 9.32. The summed E-state index contributed by atoms with van der Waals surface area (Å²) in [5.41, 5.74) is 0. The van der Waals surface area contributed by atoms with Crippen LogP contribution in [-0.4, -0.2) is 17.0 Å². The van der Waals surface area contributed by atoms with Crippen LogP contribution in [0.1, 0.15) is 11.6 Å². The predicted molar refractivity (Wildman–Crippen MR) is 61.5 cm³/mol.